The lowest BCUT2D eigenvalue weighted by atomic mass is 10.1. The van der Waals surface area contributed by atoms with Crippen LogP contribution in [0.2, 0.25) is 0 Å². The SMILES string of the molecule is CCOc1cccc(-c2noc(-c3cc4n(n3)C[C@H](c3ccc(F)cc3)OC4)n2)c1. The van der Waals surface area contributed by atoms with Crippen molar-refractivity contribution in [3.05, 3.63) is 71.7 Å². The summed E-state index contributed by atoms with van der Waals surface area (Å²) >= 11 is 0. The van der Waals surface area contributed by atoms with Gasteiger partial charge in [-0.05, 0) is 42.8 Å². The van der Waals surface area contributed by atoms with E-state index in [9.17, 15) is 4.39 Å². The third kappa shape index (κ3) is 3.57. The molecule has 2 aromatic carbocycles. The van der Waals surface area contributed by atoms with Crippen molar-refractivity contribution in [1.29, 1.82) is 0 Å². The lowest BCUT2D eigenvalue weighted by Gasteiger charge is -2.24. The van der Waals surface area contributed by atoms with Crippen molar-refractivity contribution >= 4 is 0 Å². The Kier molecular flexibility index (Phi) is 4.76. The van der Waals surface area contributed by atoms with E-state index < -0.39 is 0 Å². The lowest BCUT2D eigenvalue weighted by molar-refractivity contribution is -0.00116. The van der Waals surface area contributed by atoms with Gasteiger partial charge in [-0.25, -0.2) is 4.39 Å². The standard InChI is InChI=1S/C22H19FN4O3/c1-2-28-18-5-3-4-15(10-18)21-24-22(30-26-21)19-11-17-13-29-20(12-27(17)25-19)14-6-8-16(23)9-7-14/h3-11,20H,2,12-13H2,1H3/t20-/m1/s1. The Morgan fingerprint density at radius 2 is 2.03 bits per heavy atom. The van der Waals surface area contributed by atoms with Crippen molar-refractivity contribution in [2.24, 2.45) is 0 Å². The van der Waals surface area contributed by atoms with Crippen molar-refractivity contribution in [2.75, 3.05) is 6.61 Å². The van der Waals surface area contributed by atoms with Crippen LogP contribution in [0, 0.1) is 5.82 Å². The number of rotatable bonds is 5. The van der Waals surface area contributed by atoms with E-state index in [0.29, 0.717) is 37.2 Å². The molecule has 152 valence electrons. The lowest BCUT2D eigenvalue weighted by Crippen LogP contribution is -2.21. The second-order valence-corrected chi connectivity index (χ2v) is 6.94. The summed E-state index contributed by atoms with van der Waals surface area (Å²) in [5.74, 6) is 1.29. The Morgan fingerprint density at radius 1 is 1.17 bits per heavy atom. The quantitative estimate of drug-likeness (QED) is 0.489. The zero-order chi connectivity index (χ0) is 20.5. The van der Waals surface area contributed by atoms with Gasteiger partial charge in [0.1, 0.15) is 17.7 Å². The van der Waals surface area contributed by atoms with Gasteiger partial charge in [0, 0.05) is 5.56 Å². The zero-order valence-electron chi connectivity index (χ0n) is 16.3. The van der Waals surface area contributed by atoms with Crippen molar-refractivity contribution in [3.63, 3.8) is 0 Å². The monoisotopic (exact) mass is 406 g/mol. The first-order valence-electron chi connectivity index (χ1n) is 9.70. The fourth-order valence-electron chi connectivity index (χ4n) is 3.45. The molecule has 3 heterocycles. The molecule has 0 saturated carbocycles. The predicted octanol–water partition coefficient (Wildman–Crippen LogP) is 4.41. The predicted molar refractivity (Wildman–Crippen MR) is 106 cm³/mol. The fourth-order valence-corrected chi connectivity index (χ4v) is 3.45. The zero-order valence-corrected chi connectivity index (χ0v) is 16.3. The highest BCUT2D eigenvalue weighted by molar-refractivity contribution is 5.59. The summed E-state index contributed by atoms with van der Waals surface area (Å²) in [4.78, 5) is 4.49. The number of ether oxygens (including phenoxy) is 2. The molecule has 1 aliphatic heterocycles. The Labute approximate surface area is 172 Å². The highest BCUT2D eigenvalue weighted by Crippen LogP contribution is 2.30. The van der Waals surface area contributed by atoms with E-state index in [1.54, 1.807) is 12.1 Å². The molecule has 0 fully saturated rings. The molecule has 0 aliphatic carbocycles. The molecule has 0 bridgehead atoms. The summed E-state index contributed by atoms with van der Waals surface area (Å²) in [5.41, 5.74) is 3.22. The van der Waals surface area contributed by atoms with E-state index in [2.05, 4.69) is 15.2 Å². The molecule has 7 nitrogen and oxygen atoms in total. The second kappa shape index (κ2) is 7.72. The average molecular weight is 406 g/mol. The van der Waals surface area contributed by atoms with Gasteiger partial charge in [-0.15, -0.1) is 0 Å². The van der Waals surface area contributed by atoms with Gasteiger partial charge in [-0.2, -0.15) is 10.1 Å². The molecule has 2 aromatic heterocycles. The smallest absolute Gasteiger partial charge is 0.278 e. The van der Waals surface area contributed by atoms with Gasteiger partial charge < -0.3 is 14.0 Å². The van der Waals surface area contributed by atoms with E-state index in [0.717, 1.165) is 22.6 Å². The summed E-state index contributed by atoms with van der Waals surface area (Å²) in [7, 11) is 0. The minimum atomic E-state index is -0.268. The van der Waals surface area contributed by atoms with Crippen molar-refractivity contribution in [3.8, 4) is 28.7 Å². The molecule has 5 rings (SSSR count). The van der Waals surface area contributed by atoms with Crippen LogP contribution in [0.1, 0.15) is 24.3 Å². The van der Waals surface area contributed by atoms with Crippen LogP contribution in [-0.2, 0) is 17.9 Å². The molecule has 1 aliphatic rings. The number of benzene rings is 2. The topological polar surface area (TPSA) is 75.2 Å². The van der Waals surface area contributed by atoms with Crippen molar-refractivity contribution in [2.45, 2.75) is 26.2 Å². The normalized spacial score (nSPS) is 15.7. The first kappa shape index (κ1) is 18.5. The fraction of sp³-hybridized carbons (Fsp3) is 0.227. The molecular weight excluding hydrogens is 387 g/mol. The van der Waals surface area contributed by atoms with E-state index in [1.807, 2.05) is 41.9 Å². The molecule has 0 saturated heterocycles. The summed E-state index contributed by atoms with van der Waals surface area (Å²) < 4.78 is 32.0. The summed E-state index contributed by atoms with van der Waals surface area (Å²) in [6.45, 7) is 3.44. The Bertz CT molecular complexity index is 1170. The maximum atomic E-state index is 13.2. The number of fused-ring (bicyclic) bond motifs is 1. The molecule has 1 atom stereocenters. The number of halogens is 1. The molecule has 0 radical (unpaired) electrons. The summed E-state index contributed by atoms with van der Waals surface area (Å²) in [6.07, 6.45) is -0.189. The van der Waals surface area contributed by atoms with Gasteiger partial charge >= 0.3 is 0 Å². The summed E-state index contributed by atoms with van der Waals surface area (Å²) in [6, 6.07) is 15.8. The van der Waals surface area contributed by atoms with Crippen molar-refractivity contribution < 1.29 is 18.4 Å². The Hall–Kier alpha value is -3.52. The third-order valence-corrected chi connectivity index (χ3v) is 4.92. The number of aromatic nitrogens is 4. The van der Waals surface area contributed by atoms with Crippen molar-refractivity contribution in [1.82, 2.24) is 19.9 Å². The molecule has 8 heteroatoms. The van der Waals surface area contributed by atoms with Crippen LogP contribution in [0.5, 0.6) is 5.75 Å². The van der Waals surface area contributed by atoms with E-state index >= 15 is 0 Å². The van der Waals surface area contributed by atoms with Gasteiger partial charge in [0.05, 0.1) is 25.5 Å². The van der Waals surface area contributed by atoms with Gasteiger partial charge in [-0.1, -0.05) is 29.4 Å². The van der Waals surface area contributed by atoms with Crippen LogP contribution in [0.25, 0.3) is 23.0 Å². The first-order valence-corrected chi connectivity index (χ1v) is 9.70. The highest BCUT2D eigenvalue weighted by atomic mass is 19.1. The number of hydrogen-bond donors (Lipinski definition) is 0. The average Bonchev–Trinajstić information content (AvgIpc) is 3.41. The van der Waals surface area contributed by atoms with Crippen LogP contribution in [0.4, 0.5) is 4.39 Å². The van der Waals surface area contributed by atoms with Crippen LogP contribution in [-0.4, -0.2) is 26.5 Å². The van der Waals surface area contributed by atoms with Crippen LogP contribution >= 0.6 is 0 Å². The van der Waals surface area contributed by atoms with Gasteiger partial charge in [0.15, 0.2) is 5.69 Å². The maximum Gasteiger partial charge on any atom is 0.278 e. The third-order valence-electron chi connectivity index (χ3n) is 4.92. The van der Waals surface area contributed by atoms with Crippen LogP contribution < -0.4 is 4.74 Å². The largest absolute Gasteiger partial charge is 0.494 e. The van der Waals surface area contributed by atoms with Gasteiger partial charge in [0.2, 0.25) is 5.82 Å². The molecule has 0 spiro atoms. The molecule has 0 amide bonds. The highest BCUT2D eigenvalue weighted by Gasteiger charge is 2.24. The minimum Gasteiger partial charge on any atom is -0.494 e. The summed E-state index contributed by atoms with van der Waals surface area (Å²) in [5, 5.41) is 8.69. The first-order chi connectivity index (χ1) is 14.7. The number of hydrogen-bond acceptors (Lipinski definition) is 6. The molecule has 0 N–H and O–H groups in total. The van der Waals surface area contributed by atoms with Crippen LogP contribution in [0.3, 0.4) is 0 Å². The Morgan fingerprint density at radius 3 is 2.87 bits per heavy atom. The minimum absolute atomic E-state index is 0.189. The second-order valence-electron chi connectivity index (χ2n) is 6.94. The molecular formula is C22H19FN4O3. The van der Waals surface area contributed by atoms with Crippen LogP contribution in [0.15, 0.2) is 59.1 Å². The number of nitrogens with zero attached hydrogens (tertiary/aromatic N) is 4. The van der Waals surface area contributed by atoms with E-state index in [-0.39, 0.29) is 11.9 Å². The maximum absolute atomic E-state index is 13.2. The molecule has 4 aromatic rings. The van der Waals surface area contributed by atoms with E-state index in [1.165, 1.54) is 12.1 Å². The van der Waals surface area contributed by atoms with Gasteiger partial charge in [-0.3, -0.25) is 4.68 Å². The Balaban J connectivity index is 1.37. The molecule has 0 unspecified atom stereocenters. The molecule has 30 heavy (non-hydrogen) atoms. The van der Waals surface area contributed by atoms with E-state index in [4.69, 9.17) is 14.0 Å². The van der Waals surface area contributed by atoms with Gasteiger partial charge in [0.25, 0.3) is 5.89 Å².